The molecule has 126 valence electrons. The maximum atomic E-state index is 12.3. The number of hydrogen-bond acceptors (Lipinski definition) is 5. The Balaban J connectivity index is 1.69. The van der Waals surface area contributed by atoms with E-state index >= 15 is 0 Å². The van der Waals surface area contributed by atoms with Crippen molar-refractivity contribution in [1.29, 1.82) is 0 Å². The van der Waals surface area contributed by atoms with Gasteiger partial charge in [0, 0.05) is 17.7 Å². The first-order valence-corrected chi connectivity index (χ1v) is 9.29. The number of fused-ring (bicyclic) bond motifs is 1. The highest BCUT2D eigenvalue weighted by molar-refractivity contribution is 7.89. The molecule has 2 aromatic rings. The normalized spacial score (nSPS) is 19.4. The number of halogens is 1. The van der Waals surface area contributed by atoms with Gasteiger partial charge in [-0.05, 0) is 17.7 Å². The van der Waals surface area contributed by atoms with Crippen molar-refractivity contribution < 1.29 is 17.9 Å². The number of hydrogen-bond donors (Lipinski definition) is 1. The summed E-state index contributed by atoms with van der Waals surface area (Å²) in [4.78, 5) is 16.2. The predicted molar refractivity (Wildman–Crippen MR) is 89.3 cm³/mol. The van der Waals surface area contributed by atoms with Gasteiger partial charge in [0.1, 0.15) is 10.9 Å². The summed E-state index contributed by atoms with van der Waals surface area (Å²) in [5.41, 5.74) is 1.32. The quantitative estimate of drug-likeness (QED) is 0.839. The van der Waals surface area contributed by atoms with E-state index in [4.69, 9.17) is 16.3 Å². The molecule has 0 aliphatic carbocycles. The molecule has 0 unspecified atom stereocenters. The lowest BCUT2D eigenvalue weighted by molar-refractivity contribution is -0.126. The average molecular weight is 367 g/mol. The highest BCUT2D eigenvalue weighted by atomic mass is 35.5. The molecule has 6 nitrogen and oxygen atoms in total. The van der Waals surface area contributed by atoms with E-state index in [1.165, 1.54) is 12.3 Å². The Kier molecular flexibility index (Phi) is 4.47. The Labute approximate surface area is 144 Å². The molecule has 0 saturated carbocycles. The third kappa shape index (κ3) is 3.52. The molecule has 1 aromatic carbocycles. The number of nitrogens with zero attached hydrogens (tertiary/aromatic N) is 1. The van der Waals surface area contributed by atoms with E-state index in [2.05, 4.69) is 9.71 Å². The van der Waals surface area contributed by atoms with Crippen LogP contribution in [0, 0.1) is 0 Å². The van der Waals surface area contributed by atoms with Crippen LogP contribution in [0.5, 0.6) is 5.75 Å². The molecule has 3 rings (SSSR count). The summed E-state index contributed by atoms with van der Waals surface area (Å²) < 4.78 is 32.0. The molecule has 1 N–H and O–H groups in total. The van der Waals surface area contributed by atoms with Crippen LogP contribution in [0.25, 0.3) is 0 Å². The molecule has 1 aliphatic rings. The van der Waals surface area contributed by atoms with Gasteiger partial charge in [0.2, 0.25) is 10.0 Å². The highest BCUT2D eigenvalue weighted by Gasteiger charge is 2.37. The summed E-state index contributed by atoms with van der Waals surface area (Å²) in [5, 5.41) is 0.270. The lowest BCUT2D eigenvalue weighted by Gasteiger charge is -2.15. The Morgan fingerprint density at radius 1 is 1.29 bits per heavy atom. The van der Waals surface area contributed by atoms with Crippen molar-refractivity contribution in [1.82, 2.24) is 9.71 Å². The van der Waals surface area contributed by atoms with Gasteiger partial charge in [0.05, 0.1) is 5.75 Å². The van der Waals surface area contributed by atoms with Crippen LogP contribution < -0.4 is 9.46 Å². The smallest absolute Gasteiger partial charge is 0.275 e. The van der Waals surface area contributed by atoms with E-state index in [0.717, 1.165) is 5.56 Å². The zero-order chi connectivity index (χ0) is 17.3. The molecule has 24 heavy (non-hydrogen) atoms. The van der Waals surface area contributed by atoms with Crippen LogP contribution in [0.1, 0.15) is 24.0 Å². The standard InChI is InChI=1S/C16H15ClN2O4S/c1-10-12-4-2-3-5-13(12)23-15(10)16(20)19-24(21,22)9-11-6-7-14(17)18-8-11/h2-8,10,15H,9H2,1H3,(H,19,20)/t10-,15-/m0/s1. The minimum Gasteiger partial charge on any atom is -0.480 e. The number of carbonyl (C=O) groups is 1. The molecule has 1 amide bonds. The third-order valence-electron chi connectivity index (χ3n) is 3.78. The van der Waals surface area contributed by atoms with Crippen LogP contribution in [0.2, 0.25) is 5.15 Å². The molecular weight excluding hydrogens is 352 g/mol. The molecule has 0 bridgehead atoms. The lowest BCUT2D eigenvalue weighted by atomic mass is 9.97. The number of amides is 1. The van der Waals surface area contributed by atoms with Gasteiger partial charge >= 0.3 is 0 Å². The summed E-state index contributed by atoms with van der Waals surface area (Å²) in [5.74, 6) is -0.671. The SMILES string of the molecule is C[C@H]1c2ccccc2O[C@@H]1C(=O)NS(=O)(=O)Cc1ccc(Cl)nc1. The van der Waals surface area contributed by atoms with Crippen LogP contribution in [-0.2, 0) is 20.6 Å². The summed E-state index contributed by atoms with van der Waals surface area (Å²) >= 11 is 5.67. The second-order valence-corrected chi connectivity index (χ2v) is 7.69. The fourth-order valence-electron chi connectivity index (χ4n) is 2.61. The van der Waals surface area contributed by atoms with E-state index in [-0.39, 0.29) is 16.8 Å². The van der Waals surface area contributed by atoms with Gasteiger partial charge < -0.3 is 4.74 Å². The van der Waals surface area contributed by atoms with Gasteiger partial charge in [-0.2, -0.15) is 0 Å². The van der Waals surface area contributed by atoms with Crippen LogP contribution >= 0.6 is 11.6 Å². The number of para-hydroxylation sites is 1. The van der Waals surface area contributed by atoms with E-state index in [9.17, 15) is 13.2 Å². The number of aromatic nitrogens is 1. The Bertz CT molecular complexity index is 868. The summed E-state index contributed by atoms with van der Waals surface area (Å²) in [6.07, 6.45) is 0.483. The number of rotatable bonds is 4. The van der Waals surface area contributed by atoms with E-state index < -0.39 is 22.0 Å². The largest absolute Gasteiger partial charge is 0.480 e. The molecule has 1 aromatic heterocycles. The Hall–Kier alpha value is -2.12. The zero-order valence-corrected chi connectivity index (χ0v) is 14.3. The fraction of sp³-hybridized carbons (Fsp3) is 0.250. The van der Waals surface area contributed by atoms with Crippen LogP contribution in [0.4, 0.5) is 0 Å². The molecule has 1 aliphatic heterocycles. The minimum atomic E-state index is -3.86. The van der Waals surface area contributed by atoms with Gasteiger partial charge in [-0.1, -0.05) is 42.8 Å². The lowest BCUT2D eigenvalue weighted by Crippen LogP contribution is -2.42. The molecule has 8 heteroatoms. The van der Waals surface area contributed by atoms with Crippen molar-refractivity contribution in [3.8, 4) is 5.75 Å². The molecule has 0 fully saturated rings. The monoisotopic (exact) mass is 366 g/mol. The van der Waals surface area contributed by atoms with Crippen LogP contribution in [0.3, 0.4) is 0 Å². The second kappa shape index (κ2) is 6.41. The first-order chi connectivity index (χ1) is 11.4. The van der Waals surface area contributed by atoms with E-state index in [0.29, 0.717) is 11.3 Å². The van der Waals surface area contributed by atoms with Gasteiger partial charge in [-0.25, -0.2) is 18.1 Å². The molecule has 2 atom stereocenters. The Morgan fingerprint density at radius 2 is 2.04 bits per heavy atom. The van der Waals surface area contributed by atoms with E-state index in [1.54, 1.807) is 18.2 Å². The predicted octanol–water partition coefficient (Wildman–Crippen LogP) is 2.25. The Morgan fingerprint density at radius 3 is 2.71 bits per heavy atom. The van der Waals surface area contributed by atoms with Crippen LogP contribution in [0.15, 0.2) is 42.6 Å². The van der Waals surface area contributed by atoms with Crippen molar-refractivity contribution in [3.05, 3.63) is 58.9 Å². The van der Waals surface area contributed by atoms with Crippen LogP contribution in [-0.4, -0.2) is 25.4 Å². The summed E-state index contributed by atoms with van der Waals surface area (Å²) in [6.45, 7) is 1.83. The molecule has 0 spiro atoms. The van der Waals surface area contributed by atoms with Gasteiger partial charge in [-0.3, -0.25) is 4.79 Å². The second-order valence-electron chi connectivity index (χ2n) is 5.58. The van der Waals surface area contributed by atoms with Gasteiger partial charge in [-0.15, -0.1) is 0 Å². The fourth-order valence-corrected chi connectivity index (χ4v) is 3.82. The first-order valence-electron chi connectivity index (χ1n) is 7.26. The van der Waals surface area contributed by atoms with E-state index in [1.807, 2.05) is 19.1 Å². The summed E-state index contributed by atoms with van der Waals surface area (Å²) in [7, 11) is -3.86. The van der Waals surface area contributed by atoms with Crippen molar-refractivity contribution in [2.45, 2.75) is 24.7 Å². The number of benzene rings is 1. The number of sulfonamides is 1. The molecular formula is C16H15ClN2O4S. The molecule has 2 heterocycles. The topological polar surface area (TPSA) is 85.4 Å². The number of pyridine rings is 1. The maximum Gasteiger partial charge on any atom is 0.275 e. The molecule has 0 saturated heterocycles. The van der Waals surface area contributed by atoms with Crippen molar-refractivity contribution >= 4 is 27.5 Å². The number of ether oxygens (including phenoxy) is 1. The number of nitrogens with one attached hydrogen (secondary N) is 1. The highest BCUT2D eigenvalue weighted by Crippen LogP contribution is 2.37. The summed E-state index contributed by atoms with van der Waals surface area (Å²) in [6, 6.07) is 10.3. The third-order valence-corrected chi connectivity index (χ3v) is 5.23. The molecule has 0 radical (unpaired) electrons. The number of carbonyl (C=O) groups excluding carboxylic acids is 1. The first kappa shape index (κ1) is 16.7. The van der Waals surface area contributed by atoms with Crippen molar-refractivity contribution in [2.75, 3.05) is 0 Å². The van der Waals surface area contributed by atoms with Crippen molar-refractivity contribution in [2.24, 2.45) is 0 Å². The average Bonchev–Trinajstić information content (AvgIpc) is 2.87. The van der Waals surface area contributed by atoms with Gasteiger partial charge in [0.15, 0.2) is 6.10 Å². The minimum absolute atomic E-state index is 0.228. The maximum absolute atomic E-state index is 12.3. The van der Waals surface area contributed by atoms with Crippen molar-refractivity contribution in [3.63, 3.8) is 0 Å². The van der Waals surface area contributed by atoms with Gasteiger partial charge in [0.25, 0.3) is 5.91 Å². The zero-order valence-electron chi connectivity index (χ0n) is 12.8.